The minimum Gasteiger partial charge on any atom is -0.481 e. The van der Waals surface area contributed by atoms with E-state index in [2.05, 4.69) is 16.3 Å². The molecule has 4 heteroatoms. The zero-order chi connectivity index (χ0) is 10.7. The first-order valence-corrected chi connectivity index (χ1v) is 5.61. The molecule has 1 aliphatic carbocycles. The van der Waals surface area contributed by atoms with E-state index >= 15 is 0 Å². The average molecular weight is 210 g/mol. The fraction of sp³-hybridized carbons (Fsp3) is 0.727. The third-order valence-corrected chi connectivity index (χ3v) is 3.27. The van der Waals surface area contributed by atoms with Gasteiger partial charge in [-0.05, 0) is 12.8 Å². The van der Waals surface area contributed by atoms with Gasteiger partial charge in [-0.1, -0.05) is 12.2 Å². The van der Waals surface area contributed by atoms with Crippen LogP contribution in [-0.2, 0) is 4.79 Å². The molecule has 0 aromatic rings. The molecule has 4 nitrogen and oxygen atoms in total. The molecule has 0 amide bonds. The van der Waals surface area contributed by atoms with Gasteiger partial charge in [0, 0.05) is 32.2 Å². The Morgan fingerprint density at radius 1 is 1.40 bits per heavy atom. The first-order chi connectivity index (χ1) is 7.27. The van der Waals surface area contributed by atoms with Crippen molar-refractivity contribution >= 4 is 5.97 Å². The van der Waals surface area contributed by atoms with E-state index in [-0.39, 0.29) is 5.92 Å². The summed E-state index contributed by atoms with van der Waals surface area (Å²) >= 11 is 0. The molecule has 0 spiro atoms. The van der Waals surface area contributed by atoms with Crippen LogP contribution in [0.3, 0.4) is 0 Å². The lowest BCUT2D eigenvalue weighted by molar-refractivity contribution is -0.142. The highest BCUT2D eigenvalue weighted by Crippen LogP contribution is 2.22. The molecule has 84 valence electrons. The highest BCUT2D eigenvalue weighted by molar-refractivity contribution is 5.70. The first-order valence-electron chi connectivity index (χ1n) is 5.61. The molecule has 0 saturated carbocycles. The highest BCUT2D eigenvalue weighted by atomic mass is 16.4. The normalized spacial score (nSPS) is 32.8. The molecule has 2 aliphatic rings. The number of hydrogen-bond acceptors (Lipinski definition) is 3. The second-order valence-corrected chi connectivity index (χ2v) is 4.29. The summed E-state index contributed by atoms with van der Waals surface area (Å²) in [5, 5.41) is 12.3. The second kappa shape index (κ2) is 4.77. The summed E-state index contributed by atoms with van der Waals surface area (Å²) in [4.78, 5) is 13.3. The van der Waals surface area contributed by atoms with Crippen LogP contribution in [0.4, 0.5) is 0 Å². The molecule has 2 rings (SSSR count). The Balaban J connectivity index is 1.94. The Bertz CT molecular complexity index is 259. The van der Waals surface area contributed by atoms with E-state index in [0.717, 1.165) is 32.6 Å². The zero-order valence-electron chi connectivity index (χ0n) is 8.85. The topological polar surface area (TPSA) is 52.6 Å². The molecule has 1 saturated heterocycles. The Hall–Kier alpha value is -0.870. The fourth-order valence-corrected chi connectivity index (χ4v) is 2.35. The van der Waals surface area contributed by atoms with E-state index in [4.69, 9.17) is 5.11 Å². The summed E-state index contributed by atoms with van der Waals surface area (Å²) in [5.41, 5.74) is 0. The molecule has 1 heterocycles. The van der Waals surface area contributed by atoms with Crippen LogP contribution in [0.2, 0.25) is 0 Å². The van der Waals surface area contributed by atoms with Crippen molar-refractivity contribution in [2.45, 2.75) is 18.9 Å². The van der Waals surface area contributed by atoms with Gasteiger partial charge in [-0.3, -0.25) is 9.69 Å². The van der Waals surface area contributed by atoms with Crippen LogP contribution in [-0.4, -0.2) is 48.2 Å². The van der Waals surface area contributed by atoms with Crippen LogP contribution in [0.25, 0.3) is 0 Å². The Morgan fingerprint density at radius 3 is 2.80 bits per heavy atom. The molecule has 2 N–H and O–H groups in total. The molecular weight excluding hydrogens is 192 g/mol. The van der Waals surface area contributed by atoms with Gasteiger partial charge in [-0.15, -0.1) is 0 Å². The van der Waals surface area contributed by atoms with Crippen molar-refractivity contribution in [3.63, 3.8) is 0 Å². The van der Waals surface area contributed by atoms with Crippen LogP contribution < -0.4 is 5.32 Å². The Labute approximate surface area is 90.0 Å². The number of carboxylic acids is 1. The van der Waals surface area contributed by atoms with E-state index < -0.39 is 5.97 Å². The van der Waals surface area contributed by atoms with Crippen molar-refractivity contribution in [3.05, 3.63) is 12.2 Å². The van der Waals surface area contributed by atoms with Crippen molar-refractivity contribution < 1.29 is 9.90 Å². The second-order valence-electron chi connectivity index (χ2n) is 4.29. The molecule has 1 aliphatic heterocycles. The van der Waals surface area contributed by atoms with Gasteiger partial charge in [0.2, 0.25) is 0 Å². The number of allylic oxidation sites excluding steroid dienone is 1. The standard InChI is InChI=1S/C11H18N2O2/c14-11(15)9-2-1-3-10(8-9)13-6-4-12-5-7-13/h1,3,9-10,12H,2,4-8H2,(H,14,15)/t9-,10-/m1/s1. The third kappa shape index (κ3) is 2.58. The predicted octanol–water partition coefficient (Wildman–Crippen LogP) is 0.311. The van der Waals surface area contributed by atoms with E-state index in [1.165, 1.54) is 0 Å². The number of hydrogen-bond donors (Lipinski definition) is 2. The number of nitrogens with one attached hydrogen (secondary N) is 1. The lowest BCUT2D eigenvalue weighted by Crippen LogP contribution is -2.49. The number of aliphatic carboxylic acids is 1. The van der Waals surface area contributed by atoms with Gasteiger partial charge in [0.25, 0.3) is 0 Å². The molecule has 2 atom stereocenters. The number of rotatable bonds is 2. The summed E-state index contributed by atoms with van der Waals surface area (Å²) in [5.74, 6) is -0.839. The van der Waals surface area contributed by atoms with Crippen LogP contribution in [0.5, 0.6) is 0 Å². The summed E-state index contributed by atoms with van der Waals surface area (Å²) in [6.45, 7) is 4.09. The smallest absolute Gasteiger partial charge is 0.306 e. The van der Waals surface area contributed by atoms with Crippen molar-refractivity contribution in [3.8, 4) is 0 Å². The molecule has 0 radical (unpaired) electrons. The maximum absolute atomic E-state index is 10.9. The zero-order valence-corrected chi connectivity index (χ0v) is 8.85. The summed E-state index contributed by atoms with van der Waals surface area (Å²) in [6, 6.07) is 0.335. The Morgan fingerprint density at radius 2 is 2.13 bits per heavy atom. The lowest BCUT2D eigenvalue weighted by atomic mass is 9.90. The van der Waals surface area contributed by atoms with Gasteiger partial charge >= 0.3 is 5.97 Å². The quantitative estimate of drug-likeness (QED) is 0.644. The van der Waals surface area contributed by atoms with E-state index in [1.54, 1.807) is 0 Å². The largest absolute Gasteiger partial charge is 0.481 e. The molecular formula is C11H18N2O2. The van der Waals surface area contributed by atoms with Gasteiger partial charge in [0.1, 0.15) is 0 Å². The number of carbonyl (C=O) groups is 1. The minimum atomic E-state index is -0.653. The Kier molecular flexibility index (Phi) is 3.38. The van der Waals surface area contributed by atoms with Gasteiger partial charge in [-0.2, -0.15) is 0 Å². The maximum atomic E-state index is 10.9. The summed E-state index contributed by atoms with van der Waals surface area (Å²) in [6.07, 6.45) is 5.66. The average Bonchev–Trinajstić information content (AvgIpc) is 2.30. The minimum absolute atomic E-state index is 0.185. The van der Waals surface area contributed by atoms with Crippen molar-refractivity contribution in [1.82, 2.24) is 10.2 Å². The van der Waals surface area contributed by atoms with Gasteiger partial charge in [-0.25, -0.2) is 0 Å². The monoisotopic (exact) mass is 210 g/mol. The predicted molar refractivity (Wildman–Crippen MR) is 57.7 cm³/mol. The number of piperazine rings is 1. The summed E-state index contributed by atoms with van der Waals surface area (Å²) in [7, 11) is 0. The van der Waals surface area contributed by atoms with Crippen molar-refractivity contribution in [1.29, 1.82) is 0 Å². The van der Waals surface area contributed by atoms with Crippen LogP contribution in [0.15, 0.2) is 12.2 Å². The van der Waals surface area contributed by atoms with Gasteiger partial charge in [0.15, 0.2) is 0 Å². The molecule has 1 fully saturated rings. The van der Waals surface area contributed by atoms with Gasteiger partial charge < -0.3 is 10.4 Å². The van der Waals surface area contributed by atoms with Crippen LogP contribution in [0, 0.1) is 5.92 Å². The molecule has 0 aromatic heterocycles. The van der Waals surface area contributed by atoms with Crippen molar-refractivity contribution in [2.75, 3.05) is 26.2 Å². The maximum Gasteiger partial charge on any atom is 0.306 e. The third-order valence-electron chi connectivity index (χ3n) is 3.27. The highest BCUT2D eigenvalue weighted by Gasteiger charge is 2.27. The van der Waals surface area contributed by atoms with E-state index in [0.29, 0.717) is 12.5 Å². The van der Waals surface area contributed by atoms with Crippen molar-refractivity contribution in [2.24, 2.45) is 5.92 Å². The first kappa shape index (κ1) is 10.6. The molecule has 15 heavy (non-hydrogen) atoms. The van der Waals surface area contributed by atoms with Crippen LogP contribution >= 0.6 is 0 Å². The number of carboxylic acid groups (broad SMARTS) is 1. The molecule has 0 bridgehead atoms. The van der Waals surface area contributed by atoms with E-state index in [1.807, 2.05) is 6.08 Å². The SMILES string of the molecule is O=C(O)[C@@H]1CC=C[C@@H](N2CCNCC2)C1. The fourth-order valence-electron chi connectivity index (χ4n) is 2.35. The van der Waals surface area contributed by atoms with E-state index in [9.17, 15) is 4.79 Å². The number of nitrogens with zero attached hydrogens (tertiary/aromatic N) is 1. The van der Waals surface area contributed by atoms with Gasteiger partial charge in [0.05, 0.1) is 5.92 Å². The summed E-state index contributed by atoms with van der Waals surface area (Å²) < 4.78 is 0. The van der Waals surface area contributed by atoms with Crippen LogP contribution in [0.1, 0.15) is 12.8 Å². The molecule has 0 unspecified atom stereocenters. The molecule has 0 aromatic carbocycles. The lowest BCUT2D eigenvalue weighted by Gasteiger charge is -2.36.